The van der Waals surface area contributed by atoms with Crippen LogP contribution in [0.1, 0.15) is 37.8 Å². The topological polar surface area (TPSA) is 70.6 Å². The Hall–Kier alpha value is -2.69. The van der Waals surface area contributed by atoms with Crippen LogP contribution in [0.5, 0.6) is 11.5 Å². The number of anilines is 2. The van der Waals surface area contributed by atoms with E-state index < -0.39 is 0 Å². The van der Waals surface area contributed by atoms with Gasteiger partial charge in [-0.2, -0.15) is 0 Å². The molecule has 0 atom stereocenters. The molecule has 0 saturated carbocycles. The fraction of sp³-hybridized carbons (Fsp3) is 0.316. The van der Waals surface area contributed by atoms with Gasteiger partial charge in [-0.25, -0.2) is 4.79 Å². The number of carbonyl (C=O) groups excluding carboxylic acids is 1. The molecule has 2 aromatic carbocycles. The van der Waals surface area contributed by atoms with E-state index in [0.717, 1.165) is 16.9 Å². The minimum atomic E-state index is -0.331. The normalized spacial score (nSPS) is 10.5. The van der Waals surface area contributed by atoms with Crippen molar-refractivity contribution in [2.75, 3.05) is 17.2 Å². The molecule has 24 heavy (non-hydrogen) atoms. The van der Waals surface area contributed by atoms with E-state index in [4.69, 9.17) is 4.74 Å². The van der Waals surface area contributed by atoms with Gasteiger partial charge < -0.3 is 20.5 Å². The summed E-state index contributed by atoms with van der Waals surface area (Å²) < 4.78 is 5.37. The van der Waals surface area contributed by atoms with E-state index in [-0.39, 0.29) is 17.7 Å². The number of hydrogen-bond acceptors (Lipinski definition) is 3. The first-order chi connectivity index (χ1) is 11.4. The van der Waals surface area contributed by atoms with Gasteiger partial charge in [-0.3, -0.25) is 0 Å². The molecular weight excluding hydrogens is 304 g/mol. The number of carbonyl (C=O) groups is 1. The predicted molar refractivity (Wildman–Crippen MR) is 97.2 cm³/mol. The van der Waals surface area contributed by atoms with Gasteiger partial charge in [0.2, 0.25) is 0 Å². The third-order valence-electron chi connectivity index (χ3n) is 3.67. The Bertz CT molecular complexity index is 709. The van der Waals surface area contributed by atoms with Crippen LogP contribution in [-0.4, -0.2) is 17.7 Å². The summed E-state index contributed by atoms with van der Waals surface area (Å²) in [5, 5.41) is 15.6. The molecule has 0 spiro atoms. The summed E-state index contributed by atoms with van der Waals surface area (Å²) in [5.74, 6) is 1.18. The first-order valence-corrected chi connectivity index (χ1v) is 8.05. The molecule has 5 nitrogen and oxygen atoms in total. The minimum Gasteiger partial charge on any atom is -0.508 e. The maximum absolute atomic E-state index is 12.2. The maximum Gasteiger partial charge on any atom is 0.323 e. The third-order valence-corrected chi connectivity index (χ3v) is 3.67. The van der Waals surface area contributed by atoms with E-state index in [1.54, 1.807) is 18.2 Å². The Morgan fingerprint density at radius 3 is 2.42 bits per heavy atom. The smallest absolute Gasteiger partial charge is 0.323 e. The van der Waals surface area contributed by atoms with Crippen LogP contribution in [0.4, 0.5) is 16.2 Å². The molecule has 128 valence electrons. The molecule has 0 unspecified atom stereocenters. The van der Waals surface area contributed by atoms with Crippen molar-refractivity contribution in [3.05, 3.63) is 47.5 Å². The van der Waals surface area contributed by atoms with Gasteiger partial charge in [0.15, 0.2) is 0 Å². The van der Waals surface area contributed by atoms with Crippen LogP contribution in [-0.2, 0) is 0 Å². The van der Waals surface area contributed by atoms with Crippen molar-refractivity contribution in [3.63, 3.8) is 0 Å². The highest BCUT2D eigenvalue weighted by atomic mass is 16.5. The van der Waals surface area contributed by atoms with Gasteiger partial charge in [0.1, 0.15) is 11.5 Å². The molecule has 0 aliphatic rings. The van der Waals surface area contributed by atoms with Gasteiger partial charge in [-0.15, -0.1) is 0 Å². The molecule has 0 aliphatic carbocycles. The lowest BCUT2D eigenvalue weighted by molar-refractivity contribution is 0.262. The zero-order valence-electron chi connectivity index (χ0n) is 14.5. The second kappa shape index (κ2) is 7.73. The van der Waals surface area contributed by atoms with E-state index in [2.05, 4.69) is 10.6 Å². The molecule has 0 radical (unpaired) electrons. The maximum atomic E-state index is 12.2. The highest BCUT2D eigenvalue weighted by Gasteiger charge is 2.12. The molecule has 0 saturated heterocycles. The van der Waals surface area contributed by atoms with E-state index >= 15 is 0 Å². The second-order valence-electron chi connectivity index (χ2n) is 5.92. The number of nitrogens with one attached hydrogen (secondary N) is 2. The summed E-state index contributed by atoms with van der Waals surface area (Å²) >= 11 is 0. The fourth-order valence-corrected chi connectivity index (χ4v) is 2.39. The number of ether oxygens (including phenoxy) is 1. The monoisotopic (exact) mass is 328 g/mol. The molecule has 3 N–H and O–H groups in total. The zero-order valence-corrected chi connectivity index (χ0v) is 14.5. The average molecular weight is 328 g/mol. The lowest BCUT2D eigenvalue weighted by Crippen LogP contribution is -2.20. The largest absolute Gasteiger partial charge is 0.508 e. The van der Waals surface area contributed by atoms with Crippen molar-refractivity contribution >= 4 is 17.4 Å². The van der Waals surface area contributed by atoms with Gasteiger partial charge in [-0.1, -0.05) is 13.8 Å². The van der Waals surface area contributed by atoms with Crippen LogP contribution < -0.4 is 15.4 Å². The van der Waals surface area contributed by atoms with Crippen molar-refractivity contribution in [2.24, 2.45) is 0 Å². The quantitative estimate of drug-likeness (QED) is 0.686. The standard InChI is InChI=1S/C19H24N2O3/c1-5-24-15-8-6-14(7-9-15)20-19(23)21-17-11-16(12(2)3)18(22)10-13(17)4/h6-12,22H,5H2,1-4H3,(H2,20,21,23). The van der Waals surface area contributed by atoms with Gasteiger partial charge in [0.25, 0.3) is 0 Å². The number of amides is 2. The van der Waals surface area contributed by atoms with Crippen LogP contribution >= 0.6 is 0 Å². The van der Waals surface area contributed by atoms with Crippen molar-refractivity contribution in [2.45, 2.75) is 33.6 Å². The zero-order chi connectivity index (χ0) is 17.7. The highest BCUT2D eigenvalue weighted by Crippen LogP contribution is 2.31. The highest BCUT2D eigenvalue weighted by molar-refractivity contribution is 6.00. The van der Waals surface area contributed by atoms with Crippen molar-refractivity contribution in [1.82, 2.24) is 0 Å². The molecule has 0 fully saturated rings. The lowest BCUT2D eigenvalue weighted by atomic mass is 9.99. The number of rotatable bonds is 5. The first kappa shape index (κ1) is 17.7. The molecule has 2 aromatic rings. The van der Waals surface area contributed by atoms with Gasteiger partial charge >= 0.3 is 6.03 Å². The summed E-state index contributed by atoms with van der Waals surface area (Å²) in [4.78, 5) is 12.2. The number of phenols is 1. The number of phenolic OH excluding ortho intramolecular Hbond substituents is 1. The predicted octanol–water partition coefficient (Wildman–Crippen LogP) is 4.87. The molecular formula is C19H24N2O3. The number of urea groups is 1. The van der Waals surface area contributed by atoms with Crippen LogP contribution in [0, 0.1) is 6.92 Å². The van der Waals surface area contributed by atoms with Gasteiger partial charge in [0.05, 0.1) is 6.61 Å². The van der Waals surface area contributed by atoms with Crippen molar-refractivity contribution < 1.29 is 14.6 Å². The summed E-state index contributed by atoms with van der Waals surface area (Å²) in [6, 6.07) is 10.3. The van der Waals surface area contributed by atoms with Gasteiger partial charge in [0, 0.05) is 11.4 Å². The molecule has 0 bridgehead atoms. The minimum absolute atomic E-state index is 0.167. The first-order valence-electron chi connectivity index (χ1n) is 8.05. The van der Waals surface area contributed by atoms with Gasteiger partial charge in [-0.05, 0) is 67.3 Å². The molecule has 0 aliphatic heterocycles. The molecule has 0 heterocycles. The van der Waals surface area contributed by atoms with Crippen LogP contribution in [0.15, 0.2) is 36.4 Å². The van der Waals surface area contributed by atoms with E-state index in [1.165, 1.54) is 0 Å². The van der Waals surface area contributed by atoms with E-state index in [1.807, 2.05) is 45.9 Å². The van der Waals surface area contributed by atoms with E-state index in [9.17, 15) is 9.90 Å². The SMILES string of the molecule is CCOc1ccc(NC(=O)Nc2cc(C(C)C)c(O)cc2C)cc1. The Morgan fingerprint density at radius 2 is 1.83 bits per heavy atom. The summed E-state index contributed by atoms with van der Waals surface area (Å²) in [5.41, 5.74) is 2.96. The lowest BCUT2D eigenvalue weighted by Gasteiger charge is -2.15. The Kier molecular flexibility index (Phi) is 5.68. The molecule has 2 amide bonds. The summed E-state index contributed by atoms with van der Waals surface area (Å²) in [6.45, 7) is 8.36. The number of aryl methyl sites for hydroxylation is 1. The molecule has 5 heteroatoms. The van der Waals surface area contributed by atoms with Crippen LogP contribution in [0.25, 0.3) is 0 Å². The Labute approximate surface area is 142 Å². The second-order valence-corrected chi connectivity index (χ2v) is 5.92. The fourth-order valence-electron chi connectivity index (χ4n) is 2.39. The number of hydrogen-bond donors (Lipinski definition) is 3. The van der Waals surface area contributed by atoms with Crippen molar-refractivity contribution in [3.8, 4) is 11.5 Å². The molecule has 2 rings (SSSR count). The molecule has 0 aromatic heterocycles. The number of benzene rings is 2. The van der Waals surface area contributed by atoms with Crippen LogP contribution in [0.2, 0.25) is 0 Å². The van der Waals surface area contributed by atoms with Crippen LogP contribution in [0.3, 0.4) is 0 Å². The Balaban J connectivity index is 2.08. The summed E-state index contributed by atoms with van der Waals surface area (Å²) in [6.07, 6.45) is 0. The Morgan fingerprint density at radius 1 is 1.17 bits per heavy atom. The average Bonchev–Trinajstić information content (AvgIpc) is 2.52. The number of aromatic hydroxyl groups is 1. The summed E-state index contributed by atoms with van der Waals surface area (Å²) in [7, 11) is 0. The van der Waals surface area contributed by atoms with Crippen molar-refractivity contribution in [1.29, 1.82) is 0 Å². The third kappa shape index (κ3) is 4.41. The van der Waals surface area contributed by atoms with E-state index in [0.29, 0.717) is 18.0 Å².